The van der Waals surface area contributed by atoms with E-state index in [0.717, 1.165) is 19.5 Å². The second-order valence-electron chi connectivity index (χ2n) is 10.8. The molecule has 0 aromatic rings. The van der Waals surface area contributed by atoms with Crippen LogP contribution in [-0.4, -0.2) is 40.5 Å². The molecule has 28 heavy (non-hydrogen) atoms. The smallest absolute Gasteiger partial charge is 0.107 e. The Morgan fingerprint density at radius 3 is 2.21 bits per heavy atom. The van der Waals surface area contributed by atoms with E-state index in [4.69, 9.17) is 0 Å². The molecule has 2 unspecified atom stereocenters. The van der Waals surface area contributed by atoms with Crippen LogP contribution >= 0.6 is 0 Å². The molecule has 1 heterocycles. The van der Waals surface area contributed by atoms with Gasteiger partial charge in [0.2, 0.25) is 0 Å². The second kappa shape index (κ2) is 9.25. The Morgan fingerprint density at radius 1 is 1.11 bits per heavy atom. The molecule has 1 aliphatic heterocycles. The quantitative estimate of drug-likeness (QED) is 0.450. The minimum absolute atomic E-state index is 0.0714. The summed E-state index contributed by atoms with van der Waals surface area (Å²) in [6, 6.07) is 1.27. The lowest BCUT2D eigenvalue weighted by molar-refractivity contribution is -0.190. The molecule has 2 heteroatoms. The lowest BCUT2D eigenvalue weighted by Gasteiger charge is -2.70. The summed E-state index contributed by atoms with van der Waals surface area (Å²) in [7, 11) is 0. The first-order valence-corrected chi connectivity index (χ1v) is 11.7. The van der Waals surface area contributed by atoms with Gasteiger partial charge in [0.15, 0.2) is 0 Å². The normalized spacial score (nSPS) is 28.0. The Balaban J connectivity index is 2.38. The van der Waals surface area contributed by atoms with Crippen molar-refractivity contribution in [2.75, 3.05) is 13.1 Å². The van der Waals surface area contributed by atoms with E-state index >= 15 is 0 Å². The molecule has 1 saturated carbocycles. The number of hydrogen-bond donors (Lipinski definition) is 0. The first-order chi connectivity index (χ1) is 13.1. The van der Waals surface area contributed by atoms with Crippen molar-refractivity contribution in [3.63, 3.8) is 0 Å². The fourth-order valence-corrected chi connectivity index (χ4v) is 5.66. The lowest BCUT2D eigenvalue weighted by Crippen LogP contribution is -2.81. The largest absolute Gasteiger partial charge is 0.372 e. The second-order valence-corrected chi connectivity index (χ2v) is 10.8. The van der Waals surface area contributed by atoms with Crippen LogP contribution in [0.5, 0.6) is 0 Å². The Hall–Kier alpha value is -0.940. The minimum atomic E-state index is -0.0714. The molecular formula is C26H46N2. The summed E-state index contributed by atoms with van der Waals surface area (Å²) in [5.74, 6) is 8.38. The number of nitrogens with zero attached hydrogens (tertiary/aromatic N) is 2. The standard InChI is InChI=1S/C26H46N2/c1-10-16-26(19-27(18-21(4)5)22(6)17-20(2)3)25(8,9)23(7)28(26)24-14-12-11-13-15-24/h20-21,23-24H,6,11-15,17-19H2,1-5,7-9H3. The minimum Gasteiger partial charge on any atom is -0.372 e. The number of hydrogen-bond acceptors (Lipinski definition) is 2. The fourth-order valence-electron chi connectivity index (χ4n) is 5.66. The number of likely N-dealkylation sites (tertiary alicyclic amines) is 1. The zero-order valence-electron chi connectivity index (χ0n) is 20.1. The van der Waals surface area contributed by atoms with Gasteiger partial charge in [0.25, 0.3) is 0 Å². The van der Waals surface area contributed by atoms with Gasteiger partial charge in [-0.2, -0.15) is 0 Å². The molecule has 0 radical (unpaired) electrons. The molecule has 0 spiro atoms. The molecule has 0 aromatic heterocycles. The molecule has 0 bridgehead atoms. The third-order valence-electron chi connectivity index (χ3n) is 7.36. The van der Waals surface area contributed by atoms with Gasteiger partial charge in [-0.15, -0.1) is 5.92 Å². The van der Waals surface area contributed by atoms with E-state index in [0.29, 0.717) is 23.9 Å². The summed E-state index contributed by atoms with van der Waals surface area (Å²) in [6.07, 6.45) is 7.90. The maximum atomic E-state index is 4.51. The predicted octanol–water partition coefficient (Wildman–Crippen LogP) is 6.33. The van der Waals surface area contributed by atoms with Crippen LogP contribution in [0.15, 0.2) is 12.3 Å². The highest BCUT2D eigenvalue weighted by atomic mass is 15.4. The van der Waals surface area contributed by atoms with Crippen molar-refractivity contribution in [2.24, 2.45) is 17.3 Å². The van der Waals surface area contributed by atoms with Crippen LogP contribution < -0.4 is 0 Å². The molecule has 2 aliphatic rings. The first-order valence-electron chi connectivity index (χ1n) is 11.7. The highest BCUT2D eigenvalue weighted by molar-refractivity contribution is 5.34. The van der Waals surface area contributed by atoms with Crippen molar-refractivity contribution in [3.05, 3.63) is 12.3 Å². The van der Waals surface area contributed by atoms with Gasteiger partial charge in [0.1, 0.15) is 5.54 Å². The maximum Gasteiger partial charge on any atom is 0.107 e. The third kappa shape index (κ3) is 4.46. The van der Waals surface area contributed by atoms with E-state index < -0.39 is 0 Å². The third-order valence-corrected chi connectivity index (χ3v) is 7.36. The Bertz CT molecular complexity index is 585. The van der Waals surface area contributed by atoms with Gasteiger partial charge in [-0.25, -0.2) is 0 Å². The van der Waals surface area contributed by atoms with Gasteiger partial charge in [-0.05, 0) is 44.9 Å². The fraction of sp³-hybridized carbons (Fsp3) is 0.846. The van der Waals surface area contributed by atoms with Crippen molar-refractivity contribution in [1.82, 2.24) is 9.80 Å². The molecule has 0 amide bonds. The van der Waals surface area contributed by atoms with Gasteiger partial charge in [-0.1, -0.05) is 73.3 Å². The van der Waals surface area contributed by atoms with Gasteiger partial charge in [-0.3, -0.25) is 4.90 Å². The summed E-state index contributed by atoms with van der Waals surface area (Å²) in [5.41, 5.74) is 1.40. The highest BCUT2D eigenvalue weighted by Crippen LogP contribution is 2.55. The summed E-state index contributed by atoms with van der Waals surface area (Å²) < 4.78 is 0. The van der Waals surface area contributed by atoms with E-state index in [9.17, 15) is 0 Å². The van der Waals surface area contributed by atoms with Crippen molar-refractivity contribution >= 4 is 0 Å². The van der Waals surface area contributed by atoms with Crippen LogP contribution in [0.2, 0.25) is 0 Å². The lowest BCUT2D eigenvalue weighted by atomic mass is 9.56. The van der Waals surface area contributed by atoms with Crippen molar-refractivity contribution < 1.29 is 0 Å². The van der Waals surface area contributed by atoms with Crippen LogP contribution in [0.25, 0.3) is 0 Å². The Kier molecular flexibility index (Phi) is 7.71. The monoisotopic (exact) mass is 386 g/mol. The Morgan fingerprint density at radius 2 is 1.71 bits per heavy atom. The molecule has 2 atom stereocenters. The van der Waals surface area contributed by atoms with E-state index in [1.165, 1.54) is 37.8 Å². The van der Waals surface area contributed by atoms with Crippen LogP contribution in [0.3, 0.4) is 0 Å². The molecule has 2 fully saturated rings. The molecule has 2 rings (SSSR count). The summed E-state index contributed by atoms with van der Waals surface area (Å²) in [4.78, 5) is 5.40. The molecule has 0 N–H and O–H groups in total. The van der Waals surface area contributed by atoms with Gasteiger partial charge >= 0.3 is 0 Å². The average Bonchev–Trinajstić information content (AvgIpc) is 2.61. The van der Waals surface area contributed by atoms with Crippen LogP contribution in [-0.2, 0) is 0 Å². The van der Waals surface area contributed by atoms with E-state index in [2.05, 4.69) is 76.7 Å². The zero-order chi connectivity index (χ0) is 21.1. The molecular weight excluding hydrogens is 340 g/mol. The molecule has 1 aliphatic carbocycles. The summed E-state index contributed by atoms with van der Waals surface area (Å²) >= 11 is 0. The van der Waals surface area contributed by atoms with Gasteiger partial charge in [0.05, 0.1) is 0 Å². The number of rotatable bonds is 8. The highest BCUT2D eigenvalue weighted by Gasteiger charge is 2.65. The zero-order valence-corrected chi connectivity index (χ0v) is 20.1. The number of allylic oxidation sites excluding steroid dienone is 1. The van der Waals surface area contributed by atoms with E-state index in [1.54, 1.807) is 0 Å². The SMILES string of the molecule is C=C(CC(C)C)N(CC(C)C)CC1(C#CC)N(C2CCCCC2)C(C)C1(C)C. The first kappa shape index (κ1) is 23.3. The summed E-state index contributed by atoms with van der Waals surface area (Å²) in [6.45, 7) is 25.2. The summed E-state index contributed by atoms with van der Waals surface area (Å²) in [5, 5.41) is 0. The van der Waals surface area contributed by atoms with Crippen LogP contribution in [0, 0.1) is 29.1 Å². The molecule has 0 aromatic carbocycles. The van der Waals surface area contributed by atoms with E-state index in [-0.39, 0.29) is 11.0 Å². The van der Waals surface area contributed by atoms with Crippen LogP contribution in [0.1, 0.15) is 93.9 Å². The van der Waals surface area contributed by atoms with Crippen LogP contribution in [0.4, 0.5) is 0 Å². The van der Waals surface area contributed by atoms with Crippen molar-refractivity contribution in [3.8, 4) is 11.8 Å². The maximum absolute atomic E-state index is 4.51. The molecule has 2 nitrogen and oxygen atoms in total. The predicted molar refractivity (Wildman–Crippen MR) is 123 cm³/mol. The van der Waals surface area contributed by atoms with Gasteiger partial charge in [0, 0.05) is 36.3 Å². The molecule has 1 saturated heterocycles. The van der Waals surface area contributed by atoms with Crippen molar-refractivity contribution in [2.45, 2.75) is 112 Å². The van der Waals surface area contributed by atoms with E-state index in [1.807, 2.05) is 6.92 Å². The Labute approximate surface area is 176 Å². The average molecular weight is 387 g/mol. The van der Waals surface area contributed by atoms with Gasteiger partial charge < -0.3 is 4.90 Å². The molecule has 160 valence electrons. The van der Waals surface area contributed by atoms with Crippen molar-refractivity contribution in [1.29, 1.82) is 0 Å². The topological polar surface area (TPSA) is 6.48 Å².